The molecule has 0 aliphatic heterocycles. The summed E-state index contributed by atoms with van der Waals surface area (Å²) in [4.78, 5) is 25.3. The van der Waals surface area contributed by atoms with E-state index in [4.69, 9.17) is 23.2 Å². The van der Waals surface area contributed by atoms with Crippen molar-refractivity contribution in [2.45, 2.75) is 19.9 Å². The predicted octanol–water partition coefficient (Wildman–Crippen LogP) is 5.20. The van der Waals surface area contributed by atoms with Gasteiger partial charge in [0.2, 0.25) is 0 Å². The lowest BCUT2D eigenvalue weighted by Crippen LogP contribution is -2.21. The average molecular weight is 467 g/mol. The second kappa shape index (κ2) is 9.42. The molecule has 0 saturated carbocycles. The van der Waals surface area contributed by atoms with E-state index in [1.54, 1.807) is 35.1 Å². The molecule has 8 heteroatoms. The molecule has 0 unspecified atom stereocenters. The zero-order chi connectivity index (χ0) is 22.7. The van der Waals surface area contributed by atoms with E-state index in [1.165, 1.54) is 16.8 Å². The Balaban J connectivity index is 1.60. The van der Waals surface area contributed by atoms with Gasteiger partial charge in [-0.05, 0) is 42.3 Å². The van der Waals surface area contributed by atoms with Crippen molar-refractivity contribution in [1.29, 1.82) is 0 Å². The monoisotopic (exact) mass is 466 g/mol. The van der Waals surface area contributed by atoms with Crippen LogP contribution in [0, 0.1) is 0 Å². The van der Waals surface area contributed by atoms with Crippen LogP contribution in [0.4, 0.5) is 5.69 Å². The van der Waals surface area contributed by atoms with Gasteiger partial charge in [0.25, 0.3) is 11.5 Å². The van der Waals surface area contributed by atoms with Crippen LogP contribution < -0.4 is 10.9 Å². The van der Waals surface area contributed by atoms with Gasteiger partial charge in [-0.1, -0.05) is 54.4 Å². The number of benzene rings is 2. The third kappa shape index (κ3) is 4.61. The summed E-state index contributed by atoms with van der Waals surface area (Å²) in [6.45, 7) is 2.26. The van der Waals surface area contributed by atoms with Gasteiger partial charge in [-0.2, -0.15) is 5.10 Å². The van der Waals surface area contributed by atoms with Crippen molar-refractivity contribution in [1.82, 2.24) is 14.3 Å². The largest absolute Gasteiger partial charge is 0.321 e. The predicted molar refractivity (Wildman–Crippen MR) is 127 cm³/mol. The van der Waals surface area contributed by atoms with Crippen molar-refractivity contribution < 1.29 is 4.79 Å². The van der Waals surface area contributed by atoms with Crippen molar-refractivity contribution in [3.8, 4) is 5.69 Å². The molecule has 0 saturated heterocycles. The molecule has 0 radical (unpaired) electrons. The van der Waals surface area contributed by atoms with Crippen molar-refractivity contribution in [3.05, 3.63) is 110 Å². The first-order chi connectivity index (χ1) is 15.5. The molecule has 2 aromatic heterocycles. The van der Waals surface area contributed by atoms with Crippen LogP contribution in [-0.2, 0) is 13.0 Å². The summed E-state index contributed by atoms with van der Waals surface area (Å²) in [6, 6.07) is 17.6. The maximum absolute atomic E-state index is 13.0. The summed E-state index contributed by atoms with van der Waals surface area (Å²) in [6.07, 6.45) is 3.74. The van der Waals surface area contributed by atoms with Gasteiger partial charge in [-0.25, -0.2) is 4.68 Å². The summed E-state index contributed by atoms with van der Waals surface area (Å²) < 4.78 is 3.21. The number of halogens is 2. The van der Waals surface area contributed by atoms with E-state index >= 15 is 0 Å². The van der Waals surface area contributed by atoms with Gasteiger partial charge in [0.15, 0.2) is 0 Å². The minimum atomic E-state index is -0.307. The zero-order valence-electron chi connectivity index (χ0n) is 17.3. The number of hydrogen-bond donors (Lipinski definition) is 1. The number of pyridine rings is 1. The molecule has 0 atom stereocenters. The van der Waals surface area contributed by atoms with Gasteiger partial charge >= 0.3 is 0 Å². The summed E-state index contributed by atoms with van der Waals surface area (Å²) in [5.74, 6) is -0.307. The van der Waals surface area contributed by atoms with Crippen LogP contribution in [0.25, 0.3) is 5.69 Å². The Hall–Kier alpha value is -3.35. The normalized spacial score (nSPS) is 10.8. The van der Waals surface area contributed by atoms with Crippen LogP contribution in [0.15, 0.2) is 77.9 Å². The number of nitrogens with zero attached hydrogens (tertiary/aromatic N) is 3. The molecular formula is C24H20Cl2N4O2. The second-order valence-electron chi connectivity index (χ2n) is 7.18. The van der Waals surface area contributed by atoms with Crippen molar-refractivity contribution in [3.63, 3.8) is 0 Å². The molecule has 0 aliphatic carbocycles. The molecule has 0 aliphatic rings. The molecule has 2 heterocycles. The van der Waals surface area contributed by atoms with E-state index in [1.807, 2.05) is 37.3 Å². The van der Waals surface area contributed by atoms with E-state index < -0.39 is 0 Å². The van der Waals surface area contributed by atoms with Crippen LogP contribution in [-0.4, -0.2) is 20.3 Å². The van der Waals surface area contributed by atoms with Crippen LogP contribution >= 0.6 is 23.2 Å². The minimum absolute atomic E-state index is 0.189. The topological polar surface area (TPSA) is 68.9 Å². The van der Waals surface area contributed by atoms with Crippen molar-refractivity contribution >= 4 is 34.8 Å². The summed E-state index contributed by atoms with van der Waals surface area (Å²) in [5, 5.41) is 8.42. The number of rotatable bonds is 6. The fourth-order valence-corrected chi connectivity index (χ4v) is 3.85. The molecule has 32 heavy (non-hydrogen) atoms. The summed E-state index contributed by atoms with van der Waals surface area (Å²) in [5.41, 5.74) is 3.12. The number of nitrogens with one attached hydrogen (secondary N) is 1. The lowest BCUT2D eigenvalue weighted by molar-refractivity contribution is 0.102. The average Bonchev–Trinajstić information content (AvgIpc) is 3.22. The molecule has 4 rings (SSSR count). The molecule has 6 nitrogen and oxygen atoms in total. The van der Waals surface area contributed by atoms with Crippen LogP contribution in [0.3, 0.4) is 0 Å². The summed E-state index contributed by atoms with van der Waals surface area (Å²) >= 11 is 12.3. The Kier molecular flexibility index (Phi) is 6.44. The van der Waals surface area contributed by atoms with E-state index in [9.17, 15) is 9.59 Å². The van der Waals surface area contributed by atoms with Crippen molar-refractivity contribution in [2.75, 3.05) is 5.32 Å². The molecular weight excluding hydrogens is 447 g/mol. The maximum atomic E-state index is 13.0. The molecule has 1 amide bonds. The highest BCUT2D eigenvalue weighted by Gasteiger charge is 2.18. The number of anilines is 1. The Morgan fingerprint density at radius 1 is 1.06 bits per heavy atom. The molecule has 162 valence electrons. The SMILES string of the molecule is CCc1c(C(=O)Nc2ccc(=O)n(Cc3ccccc3Cl)c2)cnn1-c1cccc(Cl)c1. The molecule has 0 fully saturated rings. The van der Waals surface area contributed by atoms with Crippen molar-refractivity contribution in [2.24, 2.45) is 0 Å². The van der Waals surface area contributed by atoms with Gasteiger partial charge in [0.05, 0.1) is 35.4 Å². The molecule has 0 spiro atoms. The van der Waals surface area contributed by atoms with E-state index in [-0.39, 0.29) is 11.5 Å². The number of amides is 1. The standard InChI is InChI=1S/C24H20Cl2N4O2/c1-2-22-20(13-27-30(22)19-8-5-7-17(25)12-19)24(32)28-18-10-11-23(31)29(15-18)14-16-6-3-4-9-21(16)26/h3-13,15H,2,14H2,1H3,(H,28,32). The van der Waals surface area contributed by atoms with Gasteiger partial charge in [0, 0.05) is 22.3 Å². The van der Waals surface area contributed by atoms with Gasteiger partial charge in [-0.15, -0.1) is 0 Å². The van der Waals surface area contributed by atoms with Gasteiger partial charge < -0.3 is 9.88 Å². The second-order valence-corrected chi connectivity index (χ2v) is 8.02. The van der Waals surface area contributed by atoms with Gasteiger partial charge in [-0.3, -0.25) is 9.59 Å². The first-order valence-electron chi connectivity index (χ1n) is 10.0. The minimum Gasteiger partial charge on any atom is -0.321 e. The third-order valence-electron chi connectivity index (χ3n) is 5.04. The summed E-state index contributed by atoms with van der Waals surface area (Å²) in [7, 11) is 0. The van der Waals surface area contributed by atoms with Crippen LogP contribution in [0.2, 0.25) is 10.0 Å². The fraction of sp³-hybridized carbons (Fsp3) is 0.125. The van der Waals surface area contributed by atoms with Gasteiger partial charge in [0.1, 0.15) is 0 Å². The zero-order valence-corrected chi connectivity index (χ0v) is 18.8. The number of carbonyl (C=O) groups excluding carboxylic acids is 1. The van der Waals surface area contributed by atoms with E-state index in [0.717, 1.165) is 16.9 Å². The first kappa shape index (κ1) is 21.9. The van der Waals surface area contributed by atoms with Crippen LogP contribution in [0.1, 0.15) is 28.5 Å². The Morgan fingerprint density at radius 2 is 1.88 bits per heavy atom. The number of carbonyl (C=O) groups is 1. The number of hydrogen-bond acceptors (Lipinski definition) is 3. The Bertz CT molecular complexity index is 1340. The fourth-order valence-electron chi connectivity index (χ4n) is 3.47. The van der Waals surface area contributed by atoms with E-state index in [2.05, 4.69) is 10.4 Å². The highest BCUT2D eigenvalue weighted by atomic mass is 35.5. The Morgan fingerprint density at radius 3 is 2.62 bits per heavy atom. The smallest absolute Gasteiger partial charge is 0.259 e. The highest BCUT2D eigenvalue weighted by molar-refractivity contribution is 6.31. The first-order valence-corrected chi connectivity index (χ1v) is 10.8. The molecule has 4 aromatic rings. The highest BCUT2D eigenvalue weighted by Crippen LogP contribution is 2.20. The molecule has 1 N–H and O–H groups in total. The maximum Gasteiger partial charge on any atom is 0.259 e. The molecule has 0 bridgehead atoms. The van der Waals surface area contributed by atoms with Crippen LogP contribution in [0.5, 0.6) is 0 Å². The number of aromatic nitrogens is 3. The lowest BCUT2D eigenvalue weighted by Gasteiger charge is -2.11. The van der Waals surface area contributed by atoms with E-state index in [0.29, 0.717) is 34.3 Å². The lowest BCUT2D eigenvalue weighted by atomic mass is 10.2. The quantitative estimate of drug-likeness (QED) is 0.424. The molecule has 2 aromatic carbocycles. The Labute approximate surface area is 195 Å². The third-order valence-corrected chi connectivity index (χ3v) is 5.64.